The van der Waals surface area contributed by atoms with Gasteiger partial charge in [-0.15, -0.1) is 0 Å². The van der Waals surface area contributed by atoms with Gasteiger partial charge >= 0.3 is 0 Å². The Morgan fingerprint density at radius 2 is 2.00 bits per heavy atom. The van der Waals surface area contributed by atoms with Crippen molar-refractivity contribution in [2.75, 3.05) is 0 Å². The van der Waals surface area contributed by atoms with E-state index in [1.54, 1.807) is 35.0 Å². The molecule has 2 aromatic carbocycles. The topological polar surface area (TPSA) is 71.8 Å². The zero-order chi connectivity index (χ0) is 18.0. The number of fused-ring (bicyclic) bond motifs is 1. The molecule has 1 heterocycles. The lowest BCUT2D eigenvalue weighted by Gasteiger charge is -2.03. The quantitative estimate of drug-likeness (QED) is 0.687. The van der Waals surface area contributed by atoms with Gasteiger partial charge < -0.3 is 10.3 Å². The summed E-state index contributed by atoms with van der Waals surface area (Å²) in [6.07, 6.45) is 3.55. The Hall–Kier alpha value is -2.74. The number of nitrogens with two attached hydrogens (primary N) is 1. The average molecular weight is 370 g/mol. The Morgan fingerprint density at radius 3 is 2.68 bits per heavy atom. The number of amides is 1. The summed E-state index contributed by atoms with van der Waals surface area (Å²) in [5, 5.41) is 11.4. The lowest BCUT2D eigenvalue weighted by atomic mass is 10.0. The van der Waals surface area contributed by atoms with Gasteiger partial charge in [0.15, 0.2) is 0 Å². The third-order valence-electron chi connectivity index (χ3n) is 3.79. The fourth-order valence-electron chi connectivity index (χ4n) is 2.72. The van der Waals surface area contributed by atoms with Gasteiger partial charge in [0.25, 0.3) is 0 Å². The van der Waals surface area contributed by atoms with E-state index in [1.165, 1.54) is 0 Å². The predicted octanol–water partition coefficient (Wildman–Crippen LogP) is 4.50. The van der Waals surface area contributed by atoms with E-state index in [-0.39, 0.29) is 6.54 Å². The minimum atomic E-state index is -0.433. The summed E-state index contributed by atoms with van der Waals surface area (Å²) in [7, 11) is 0. The minimum absolute atomic E-state index is 0.0674. The Kier molecular flexibility index (Phi) is 4.80. The van der Waals surface area contributed by atoms with Crippen molar-refractivity contribution in [1.82, 2.24) is 4.57 Å². The number of benzene rings is 2. The number of aromatic nitrogens is 1. The Bertz CT molecular complexity index is 1040. The molecule has 6 heteroatoms. The number of primary amides is 1. The van der Waals surface area contributed by atoms with E-state index in [2.05, 4.69) is 6.07 Å². The molecule has 0 atom stereocenters. The van der Waals surface area contributed by atoms with E-state index >= 15 is 0 Å². The second kappa shape index (κ2) is 7.02. The van der Waals surface area contributed by atoms with Crippen LogP contribution in [0.3, 0.4) is 0 Å². The third-order valence-corrected chi connectivity index (χ3v) is 4.33. The van der Waals surface area contributed by atoms with Crippen molar-refractivity contribution in [3.05, 3.63) is 69.8 Å². The summed E-state index contributed by atoms with van der Waals surface area (Å²) in [6.45, 7) is 0.0674. The maximum absolute atomic E-state index is 11.3. The van der Waals surface area contributed by atoms with Gasteiger partial charge in [0, 0.05) is 33.2 Å². The minimum Gasteiger partial charge on any atom is -0.368 e. The predicted molar refractivity (Wildman–Crippen MR) is 101 cm³/mol. The first-order valence-corrected chi connectivity index (χ1v) is 8.18. The van der Waals surface area contributed by atoms with Gasteiger partial charge in [-0.05, 0) is 24.3 Å². The number of nitrogens with zero attached hydrogens (tertiary/aromatic N) is 2. The van der Waals surface area contributed by atoms with Crippen molar-refractivity contribution in [3.8, 4) is 6.07 Å². The van der Waals surface area contributed by atoms with Crippen LogP contribution in [0.2, 0.25) is 10.0 Å². The van der Waals surface area contributed by atoms with Crippen LogP contribution >= 0.6 is 23.2 Å². The van der Waals surface area contributed by atoms with Gasteiger partial charge in [0.2, 0.25) is 5.91 Å². The lowest BCUT2D eigenvalue weighted by molar-refractivity contribution is -0.118. The van der Waals surface area contributed by atoms with Crippen LogP contribution in [0.25, 0.3) is 22.6 Å². The number of carbonyl (C=O) groups excluding carboxylic acids is 1. The van der Waals surface area contributed by atoms with Crippen molar-refractivity contribution < 1.29 is 4.79 Å². The molecule has 3 aromatic rings. The van der Waals surface area contributed by atoms with E-state index in [9.17, 15) is 10.1 Å². The Balaban J connectivity index is 2.16. The van der Waals surface area contributed by atoms with Crippen molar-refractivity contribution in [2.45, 2.75) is 6.54 Å². The molecular formula is C19H13Cl2N3O. The van der Waals surface area contributed by atoms with Crippen LogP contribution in [0.15, 0.2) is 48.7 Å². The molecule has 0 bridgehead atoms. The molecule has 0 aliphatic heterocycles. The number of para-hydroxylation sites is 1. The Labute approximate surface area is 154 Å². The summed E-state index contributed by atoms with van der Waals surface area (Å²) < 4.78 is 1.77. The van der Waals surface area contributed by atoms with Crippen LogP contribution in [0.4, 0.5) is 0 Å². The maximum atomic E-state index is 11.3. The van der Waals surface area contributed by atoms with E-state index in [1.807, 2.05) is 24.3 Å². The zero-order valence-corrected chi connectivity index (χ0v) is 14.6. The molecular weight excluding hydrogens is 357 g/mol. The number of rotatable bonds is 4. The molecule has 0 spiro atoms. The molecule has 0 radical (unpaired) electrons. The van der Waals surface area contributed by atoms with Crippen molar-refractivity contribution in [1.29, 1.82) is 5.26 Å². The second-order valence-corrected chi connectivity index (χ2v) is 6.33. The SMILES string of the molecule is N#CC(=Cc1cn(CC(N)=O)c2ccccc12)c1ccc(Cl)cc1Cl. The van der Waals surface area contributed by atoms with Crippen LogP contribution in [0, 0.1) is 11.3 Å². The van der Waals surface area contributed by atoms with E-state index in [0.717, 1.165) is 16.5 Å². The fraction of sp³-hybridized carbons (Fsp3) is 0.0526. The monoisotopic (exact) mass is 369 g/mol. The molecule has 0 aliphatic rings. The number of allylic oxidation sites excluding steroid dienone is 1. The first-order chi connectivity index (χ1) is 12.0. The van der Waals surface area contributed by atoms with Crippen LogP contribution in [0.1, 0.15) is 11.1 Å². The van der Waals surface area contributed by atoms with Gasteiger partial charge in [-0.25, -0.2) is 0 Å². The highest BCUT2D eigenvalue weighted by Gasteiger charge is 2.11. The zero-order valence-electron chi connectivity index (χ0n) is 13.0. The van der Waals surface area contributed by atoms with Crippen LogP contribution in [0.5, 0.6) is 0 Å². The highest BCUT2D eigenvalue weighted by atomic mass is 35.5. The number of carbonyl (C=O) groups is 1. The van der Waals surface area contributed by atoms with Gasteiger partial charge in [-0.3, -0.25) is 4.79 Å². The van der Waals surface area contributed by atoms with Crippen LogP contribution < -0.4 is 5.73 Å². The molecule has 2 N–H and O–H groups in total. The lowest BCUT2D eigenvalue weighted by Crippen LogP contribution is -2.17. The highest BCUT2D eigenvalue weighted by molar-refractivity contribution is 6.36. The molecule has 0 unspecified atom stereocenters. The normalized spacial score (nSPS) is 11.5. The van der Waals surface area contributed by atoms with Crippen LogP contribution in [-0.4, -0.2) is 10.5 Å². The van der Waals surface area contributed by atoms with Crippen molar-refractivity contribution >= 4 is 51.7 Å². The summed E-state index contributed by atoms with van der Waals surface area (Å²) in [6, 6.07) is 14.8. The summed E-state index contributed by atoms with van der Waals surface area (Å²) >= 11 is 12.1. The van der Waals surface area contributed by atoms with E-state index in [4.69, 9.17) is 28.9 Å². The highest BCUT2D eigenvalue weighted by Crippen LogP contribution is 2.30. The molecule has 124 valence electrons. The smallest absolute Gasteiger partial charge is 0.237 e. The van der Waals surface area contributed by atoms with Crippen molar-refractivity contribution in [2.24, 2.45) is 5.73 Å². The molecule has 0 saturated carbocycles. The molecule has 0 aliphatic carbocycles. The maximum Gasteiger partial charge on any atom is 0.237 e. The van der Waals surface area contributed by atoms with Gasteiger partial charge in [0.1, 0.15) is 6.54 Å². The van der Waals surface area contributed by atoms with Crippen molar-refractivity contribution in [3.63, 3.8) is 0 Å². The molecule has 0 saturated heterocycles. The van der Waals surface area contributed by atoms with Gasteiger partial charge in [0.05, 0.1) is 16.7 Å². The average Bonchev–Trinajstić information content (AvgIpc) is 2.90. The molecule has 1 aromatic heterocycles. The standard InChI is InChI=1S/C19H13Cl2N3O/c20-14-5-6-15(17(21)8-14)12(9-22)7-13-10-24(11-19(23)25)18-4-2-1-3-16(13)18/h1-8,10H,11H2,(H2,23,25). The van der Waals surface area contributed by atoms with E-state index in [0.29, 0.717) is 21.2 Å². The number of halogens is 2. The summed E-state index contributed by atoms with van der Waals surface area (Å²) in [5.41, 5.74) is 8.00. The number of hydrogen-bond acceptors (Lipinski definition) is 2. The second-order valence-electron chi connectivity index (χ2n) is 5.49. The number of hydrogen-bond donors (Lipinski definition) is 1. The van der Waals surface area contributed by atoms with Gasteiger partial charge in [-0.1, -0.05) is 47.5 Å². The van der Waals surface area contributed by atoms with Gasteiger partial charge in [-0.2, -0.15) is 5.26 Å². The Morgan fingerprint density at radius 1 is 1.24 bits per heavy atom. The fourth-order valence-corrected chi connectivity index (χ4v) is 3.23. The summed E-state index contributed by atoms with van der Waals surface area (Å²) in [4.78, 5) is 11.3. The van der Waals surface area contributed by atoms with Crippen LogP contribution in [-0.2, 0) is 11.3 Å². The molecule has 3 rings (SSSR count). The molecule has 0 fully saturated rings. The largest absolute Gasteiger partial charge is 0.368 e. The van der Waals surface area contributed by atoms with E-state index < -0.39 is 5.91 Å². The third kappa shape index (κ3) is 3.53. The molecule has 1 amide bonds. The molecule has 4 nitrogen and oxygen atoms in total. The summed E-state index contributed by atoms with van der Waals surface area (Å²) in [5.74, 6) is -0.433. The first-order valence-electron chi connectivity index (χ1n) is 7.43. The molecule has 25 heavy (non-hydrogen) atoms. The first kappa shape index (κ1) is 17.1. The number of nitriles is 1.